The number of carbonyl (C=O) groups is 2. The fourth-order valence-electron chi connectivity index (χ4n) is 2.36. The van der Waals surface area contributed by atoms with Gasteiger partial charge in [-0.2, -0.15) is 0 Å². The second-order valence-electron chi connectivity index (χ2n) is 6.08. The van der Waals surface area contributed by atoms with Crippen molar-refractivity contribution in [2.24, 2.45) is 0 Å². The van der Waals surface area contributed by atoms with Crippen LogP contribution in [0.15, 0.2) is 24.3 Å². The van der Waals surface area contributed by atoms with Crippen molar-refractivity contribution in [1.29, 1.82) is 0 Å². The van der Waals surface area contributed by atoms with E-state index in [9.17, 15) is 19.8 Å². The van der Waals surface area contributed by atoms with Crippen LogP contribution in [0.2, 0.25) is 0 Å². The van der Waals surface area contributed by atoms with Gasteiger partial charge in [-0.25, -0.2) is 0 Å². The first-order valence-corrected chi connectivity index (χ1v) is 7.63. The van der Waals surface area contributed by atoms with Crippen molar-refractivity contribution < 1.29 is 39.3 Å². The number of hydrogen-bond acceptors (Lipinski definition) is 4. The van der Waals surface area contributed by atoms with Crippen LogP contribution in [0.3, 0.4) is 0 Å². The minimum Gasteiger partial charge on any atom is -0.545 e. The van der Waals surface area contributed by atoms with Crippen molar-refractivity contribution in [2.75, 3.05) is 0 Å². The van der Waals surface area contributed by atoms with Crippen molar-refractivity contribution in [1.82, 2.24) is 0 Å². The number of aryl methyl sites for hydroxylation is 6. The van der Waals surface area contributed by atoms with Crippen molar-refractivity contribution in [3.63, 3.8) is 0 Å². The summed E-state index contributed by atoms with van der Waals surface area (Å²) >= 11 is 0. The average Bonchev–Trinajstić information content (AvgIpc) is 2.46. The molecular formula is C20H22O4Ru. The van der Waals surface area contributed by atoms with Gasteiger partial charge in [-0.3, -0.25) is 0 Å². The topological polar surface area (TPSA) is 80.3 Å². The number of carboxylic acids is 2. The summed E-state index contributed by atoms with van der Waals surface area (Å²) in [6.45, 7) is 11.3. The standard InChI is InChI=1S/2C10H12O2.Ru/c2*1-6-4-8(3)9(10(11)12)5-7(6)2;/h2*4-5H,1-3H3,(H,11,12);/q;;+2/p-2. The first kappa shape index (κ1) is 23.0. The third-order valence-electron chi connectivity index (χ3n) is 4.12. The van der Waals surface area contributed by atoms with E-state index in [1.165, 1.54) is 0 Å². The van der Waals surface area contributed by atoms with Crippen LogP contribution in [-0.2, 0) is 19.5 Å². The number of carboxylic acid groups (broad SMARTS) is 2. The summed E-state index contributed by atoms with van der Waals surface area (Å²) in [4.78, 5) is 21.1. The summed E-state index contributed by atoms with van der Waals surface area (Å²) in [5, 5.41) is 21.1. The quantitative estimate of drug-likeness (QED) is 0.687. The third kappa shape index (κ3) is 6.10. The zero-order valence-electron chi connectivity index (χ0n) is 15.3. The Balaban J connectivity index is 0.000000443. The predicted octanol–water partition coefficient (Wildman–Crippen LogP) is 1.95. The Morgan fingerprint density at radius 2 is 0.800 bits per heavy atom. The van der Waals surface area contributed by atoms with E-state index in [1.807, 2.05) is 39.8 Å². The second kappa shape index (κ2) is 9.48. The molecular weight excluding hydrogens is 405 g/mol. The fraction of sp³-hybridized carbons (Fsp3) is 0.300. The first-order valence-electron chi connectivity index (χ1n) is 7.63. The van der Waals surface area contributed by atoms with E-state index in [2.05, 4.69) is 0 Å². The number of benzene rings is 2. The average molecular weight is 427 g/mol. The molecule has 0 spiro atoms. The normalized spacial score (nSPS) is 9.52. The predicted molar refractivity (Wildman–Crippen MR) is 90.0 cm³/mol. The maximum Gasteiger partial charge on any atom is 2.00 e. The van der Waals surface area contributed by atoms with Gasteiger partial charge < -0.3 is 19.8 Å². The van der Waals surface area contributed by atoms with Gasteiger partial charge in [-0.05, 0) is 87.1 Å². The second-order valence-corrected chi connectivity index (χ2v) is 6.08. The Bertz CT molecular complexity index is 727. The molecule has 134 valence electrons. The summed E-state index contributed by atoms with van der Waals surface area (Å²) in [6.07, 6.45) is 0. The molecule has 0 N–H and O–H groups in total. The molecule has 0 radical (unpaired) electrons. The summed E-state index contributed by atoms with van der Waals surface area (Å²) in [5.74, 6) is -2.20. The molecule has 0 aromatic heterocycles. The van der Waals surface area contributed by atoms with Gasteiger partial charge in [-0.1, -0.05) is 12.1 Å². The summed E-state index contributed by atoms with van der Waals surface area (Å²) in [6, 6.07) is 7.03. The largest absolute Gasteiger partial charge is 2.00 e. The van der Waals surface area contributed by atoms with Gasteiger partial charge in [-0.15, -0.1) is 0 Å². The number of carbonyl (C=O) groups excluding carboxylic acids is 2. The zero-order chi connectivity index (χ0) is 18.6. The van der Waals surface area contributed by atoms with E-state index in [-0.39, 0.29) is 30.6 Å². The van der Waals surface area contributed by atoms with E-state index in [0.717, 1.165) is 33.4 Å². The van der Waals surface area contributed by atoms with Crippen LogP contribution in [0.25, 0.3) is 0 Å². The zero-order valence-corrected chi connectivity index (χ0v) is 17.0. The van der Waals surface area contributed by atoms with Crippen molar-refractivity contribution in [3.05, 3.63) is 68.8 Å². The molecule has 0 saturated carbocycles. The van der Waals surface area contributed by atoms with Crippen molar-refractivity contribution in [3.8, 4) is 0 Å². The van der Waals surface area contributed by atoms with Gasteiger partial charge in [0.25, 0.3) is 0 Å². The van der Waals surface area contributed by atoms with Crippen molar-refractivity contribution in [2.45, 2.75) is 41.5 Å². The van der Waals surface area contributed by atoms with Crippen LogP contribution in [0.5, 0.6) is 0 Å². The molecule has 2 aromatic carbocycles. The maximum atomic E-state index is 10.6. The Kier molecular flexibility index (Phi) is 8.72. The summed E-state index contributed by atoms with van der Waals surface area (Å²) in [7, 11) is 0. The SMILES string of the molecule is Cc1cc(C)c(C(=O)[O-])cc1C.Cc1cc(C)c(C(=O)[O-])cc1C.[Ru+2]. The minimum atomic E-state index is -1.10. The Hall–Kier alpha value is -2.00. The van der Waals surface area contributed by atoms with Gasteiger partial charge in [0, 0.05) is 11.1 Å². The molecule has 5 heteroatoms. The van der Waals surface area contributed by atoms with E-state index in [1.54, 1.807) is 26.0 Å². The van der Waals surface area contributed by atoms with Gasteiger partial charge in [0.05, 0.1) is 11.9 Å². The molecule has 0 aliphatic rings. The number of hydrogen-bond donors (Lipinski definition) is 0. The van der Waals surface area contributed by atoms with Crippen LogP contribution >= 0.6 is 0 Å². The van der Waals surface area contributed by atoms with E-state index < -0.39 is 11.9 Å². The fourth-order valence-corrected chi connectivity index (χ4v) is 2.36. The molecule has 2 aromatic rings. The molecule has 0 bridgehead atoms. The van der Waals surface area contributed by atoms with Crippen LogP contribution in [0.1, 0.15) is 54.1 Å². The third-order valence-corrected chi connectivity index (χ3v) is 4.12. The van der Waals surface area contributed by atoms with E-state index >= 15 is 0 Å². The van der Waals surface area contributed by atoms with Crippen LogP contribution in [0, 0.1) is 41.5 Å². The summed E-state index contributed by atoms with van der Waals surface area (Å²) < 4.78 is 0. The number of aromatic carboxylic acids is 2. The van der Waals surface area contributed by atoms with E-state index in [4.69, 9.17) is 0 Å². The maximum absolute atomic E-state index is 10.6. The molecule has 0 saturated heterocycles. The molecule has 0 aliphatic carbocycles. The molecule has 25 heavy (non-hydrogen) atoms. The Morgan fingerprint density at radius 1 is 0.560 bits per heavy atom. The molecule has 0 aliphatic heterocycles. The van der Waals surface area contributed by atoms with Crippen LogP contribution in [-0.4, -0.2) is 11.9 Å². The van der Waals surface area contributed by atoms with Gasteiger partial charge >= 0.3 is 19.5 Å². The molecule has 0 fully saturated rings. The molecule has 0 unspecified atom stereocenters. The first-order chi connectivity index (χ1) is 11.0. The van der Waals surface area contributed by atoms with Gasteiger partial charge in [0.2, 0.25) is 0 Å². The van der Waals surface area contributed by atoms with Crippen molar-refractivity contribution >= 4 is 11.9 Å². The smallest absolute Gasteiger partial charge is 0.545 e. The number of rotatable bonds is 2. The minimum absolute atomic E-state index is 0. The van der Waals surface area contributed by atoms with Crippen LogP contribution < -0.4 is 10.2 Å². The molecule has 4 nitrogen and oxygen atoms in total. The Labute approximate surface area is 161 Å². The van der Waals surface area contributed by atoms with Crippen LogP contribution in [0.4, 0.5) is 0 Å². The van der Waals surface area contributed by atoms with Gasteiger partial charge in [0.1, 0.15) is 0 Å². The summed E-state index contributed by atoms with van der Waals surface area (Å²) in [5.41, 5.74) is 6.29. The molecule has 0 heterocycles. The Morgan fingerprint density at radius 3 is 1.04 bits per heavy atom. The van der Waals surface area contributed by atoms with E-state index in [0.29, 0.717) is 0 Å². The molecule has 2 rings (SSSR count). The monoisotopic (exact) mass is 428 g/mol. The molecule has 0 atom stereocenters. The van der Waals surface area contributed by atoms with Gasteiger partial charge in [0.15, 0.2) is 0 Å². The molecule has 0 amide bonds.